The molecule has 0 aliphatic carbocycles. The molecule has 4 nitrogen and oxygen atoms in total. The zero-order valence-corrected chi connectivity index (χ0v) is 11.5. The molecule has 0 saturated heterocycles. The van der Waals surface area contributed by atoms with Gasteiger partial charge in [0.2, 0.25) is 5.91 Å². The van der Waals surface area contributed by atoms with E-state index in [0.29, 0.717) is 12.1 Å². The fourth-order valence-electron chi connectivity index (χ4n) is 1.96. The minimum Gasteiger partial charge on any atom is -0.342 e. The second-order valence-corrected chi connectivity index (χ2v) is 4.98. The van der Waals surface area contributed by atoms with Crippen LogP contribution < -0.4 is 0 Å². The lowest BCUT2D eigenvalue weighted by atomic mass is 10.2. The highest BCUT2D eigenvalue weighted by atomic mass is 16.2. The molecule has 0 saturated carbocycles. The van der Waals surface area contributed by atoms with E-state index in [1.165, 1.54) is 0 Å². The number of benzene rings is 1. The van der Waals surface area contributed by atoms with Crippen molar-refractivity contribution in [2.24, 2.45) is 0 Å². The third-order valence-corrected chi connectivity index (χ3v) is 3.41. The Morgan fingerprint density at radius 2 is 2.11 bits per heavy atom. The average molecular weight is 258 g/mol. The van der Waals surface area contributed by atoms with Gasteiger partial charge in [-0.2, -0.15) is 0 Å². The Morgan fingerprint density at radius 3 is 2.74 bits per heavy atom. The molecule has 1 heterocycles. The van der Waals surface area contributed by atoms with E-state index >= 15 is 0 Å². The van der Waals surface area contributed by atoms with E-state index in [2.05, 4.69) is 0 Å². The van der Waals surface area contributed by atoms with E-state index < -0.39 is 0 Å². The molecule has 4 heteroatoms. The zero-order chi connectivity index (χ0) is 14.0. The summed E-state index contributed by atoms with van der Waals surface area (Å²) in [5.41, 5.74) is 1.53. The quantitative estimate of drug-likeness (QED) is 0.790. The van der Waals surface area contributed by atoms with Gasteiger partial charge in [0, 0.05) is 30.4 Å². The summed E-state index contributed by atoms with van der Waals surface area (Å²) in [6.45, 7) is 4.26. The van der Waals surface area contributed by atoms with Gasteiger partial charge in [-0.05, 0) is 31.4 Å². The lowest BCUT2D eigenvalue weighted by molar-refractivity contribution is -0.131. The number of aromatic nitrogens is 1. The maximum Gasteiger partial charge on any atom is 0.242 e. The van der Waals surface area contributed by atoms with Crippen molar-refractivity contribution in [3.05, 3.63) is 36.0 Å². The summed E-state index contributed by atoms with van der Waals surface area (Å²) < 4.78 is 1.88. The molecule has 1 amide bonds. The number of amides is 1. The summed E-state index contributed by atoms with van der Waals surface area (Å²) >= 11 is 0. The van der Waals surface area contributed by atoms with Crippen molar-refractivity contribution >= 4 is 23.1 Å². The third kappa shape index (κ3) is 2.67. The number of likely N-dealkylation sites (N-methyl/N-ethyl adjacent to an activating group) is 1. The number of carbonyl (C=O) groups is 2. The van der Waals surface area contributed by atoms with E-state index in [1.54, 1.807) is 18.0 Å². The van der Waals surface area contributed by atoms with Crippen LogP contribution in [0.25, 0.3) is 10.9 Å². The van der Waals surface area contributed by atoms with Crippen LogP contribution in [0, 0.1) is 0 Å². The molecule has 1 aromatic heterocycles. The number of aldehydes is 1. The van der Waals surface area contributed by atoms with Crippen LogP contribution in [-0.4, -0.2) is 34.7 Å². The molecular weight excluding hydrogens is 240 g/mol. The van der Waals surface area contributed by atoms with Crippen LogP contribution in [0.3, 0.4) is 0 Å². The SMILES string of the molecule is CC(C)N(C)C(=O)Cn1ccc2ccc(C=O)cc21. The zero-order valence-electron chi connectivity index (χ0n) is 11.5. The number of fused-ring (bicyclic) bond motifs is 1. The number of nitrogens with zero attached hydrogens (tertiary/aromatic N) is 2. The van der Waals surface area contributed by atoms with Gasteiger partial charge in [0.05, 0.1) is 0 Å². The number of carbonyl (C=O) groups excluding carboxylic acids is 2. The van der Waals surface area contributed by atoms with E-state index in [-0.39, 0.29) is 11.9 Å². The van der Waals surface area contributed by atoms with Crippen molar-refractivity contribution in [2.45, 2.75) is 26.4 Å². The first-order chi connectivity index (χ1) is 9.02. The highest BCUT2D eigenvalue weighted by Gasteiger charge is 2.13. The molecule has 0 radical (unpaired) electrons. The smallest absolute Gasteiger partial charge is 0.242 e. The van der Waals surface area contributed by atoms with Crippen LogP contribution in [0.15, 0.2) is 30.5 Å². The summed E-state index contributed by atoms with van der Waals surface area (Å²) in [6.07, 6.45) is 2.70. The monoisotopic (exact) mass is 258 g/mol. The Bertz CT molecular complexity index is 614. The van der Waals surface area contributed by atoms with Crippen LogP contribution in [0.4, 0.5) is 0 Å². The van der Waals surface area contributed by atoms with Crippen molar-refractivity contribution in [1.29, 1.82) is 0 Å². The Labute approximate surface area is 112 Å². The minimum atomic E-state index is 0.0593. The Balaban J connectivity index is 2.30. The molecule has 0 N–H and O–H groups in total. The van der Waals surface area contributed by atoms with Crippen molar-refractivity contribution in [3.63, 3.8) is 0 Å². The van der Waals surface area contributed by atoms with E-state index in [1.807, 2.05) is 42.8 Å². The number of hydrogen-bond donors (Lipinski definition) is 0. The molecule has 0 aliphatic heterocycles. The summed E-state index contributed by atoms with van der Waals surface area (Å²) in [7, 11) is 1.80. The average Bonchev–Trinajstić information content (AvgIpc) is 2.80. The normalized spacial score (nSPS) is 10.9. The molecule has 0 atom stereocenters. The highest BCUT2D eigenvalue weighted by molar-refractivity contribution is 5.88. The van der Waals surface area contributed by atoms with Crippen molar-refractivity contribution in [1.82, 2.24) is 9.47 Å². The molecule has 0 aliphatic rings. The molecular formula is C15H18N2O2. The summed E-state index contributed by atoms with van der Waals surface area (Å²) in [5.74, 6) is 0.0593. The first-order valence-corrected chi connectivity index (χ1v) is 6.32. The highest BCUT2D eigenvalue weighted by Crippen LogP contribution is 2.17. The van der Waals surface area contributed by atoms with E-state index in [4.69, 9.17) is 0 Å². The molecule has 0 unspecified atom stereocenters. The molecule has 1 aromatic carbocycles. The van der Waals surface area contributed by atoms with Crippen LogP contribution in [0.2, 0.25) is 0 Å². The predicted molar refractivity (Wildman–Crippen MR) is 75.2 cm³/mol. The molecule has 19 heavy (non-hydrogen) atoms. The number of hydrogen-bond acceptors (Lipinski definition) is 2. The van der Waals surface area contributed by atoms with Crippen LogP contribution in [0.5, 0.6) is 0 Å². The van der Waals surface area contributed by atoms with Gasteiger partial charge < -0.3 is 9.47 Å². The van der Waals surface area contributed by atoms with Crippen LogP contribution >= 0.6 is 0 Å². The molecule has 0 spiro atoms. The van der Waals surface area contributed by atoms with Gasteiger partial charge in [-0.25, -0.2) is 0 Å². The topological polar surface area (TPSA) is 42.3 Å². The fourth-order valence-corrected chi connectivity index (χ4v) is 1.96. The molecule has 100 valence electrons. The summed E-state index contributed by atoms with van der Waals surface area (Å²) in [6, 6.07) is 7.62. The fraction of sp³-hybridized carbons (Fsp3) is 0.333. The van der Waals surface area contributed by atoms with Crippen LogP contribution in [-0.2, 0) is 11.3 Å². The van der Waals surface area contributed by atoms with Crippen LogP contribution in [0.1, 0.15) is 24.2 Å². The standard InChI is InChI=1S/C15H18N2O2/c1-11(2)16(3)15(19)9-17-7-6-13-5-4-12(10-18)8-14(13)17/h4-8,10-11H,9H2,1-3H3. The molecule has 2 rings (SSSR count). The molecule has 0 fully saturated rings. The molecule has 2 aromatic rings. The Morgan fingerprint density at radius 1 is 1.37 bits per heavy atom. The summed E-state index contributed by atoms with van der Waals surface area (Å²) in [4.78, 5) is 24.6. The van der Waals surface area contributed by atoms with Crippen molar-refractivity contribution in [3.8, 4) is 0 Å². The van der Waals surface area contributed by atoms with Crippen molar-refractivity contribution < 1.29 is 9.59 Å². The van der Waals surface area contributed by atoms with Gasteiger partial charge >= 0.3 is 0 Å². The first-order valence-electron chi connectivity index (χ1n) is 6.32. The summed E-state index contributed by atoms with van der Waals surface area (Å²) in [5, 5.41) is 1.03. The predicted octanol–water partition coefficient (Wildman–Crippen LogP) is 2.32. The first kappa shape index (κ1) is 13.3. The lowest BCUT2D eigenvalue weighted by Gasteiger charge is -2.21. The van der Waals surface area contributed by atoms with Gasteiger partial charge in [-0.15, -0.1) is 0 Å². The lowest BCUT2D eigenvalue weighted by Crippen LogP contribution is -2.35. The van der Waals surface area contributed by atoms with Gasteiger partial charge in [-0.3, -0.25) is 9.59 Å². The second kappa shape index (κ2) is 5.26. The maximum absolute atomic E-state index is 12.1. The third-order valence-electron chi connectivity index (χ3n) is 3.41. The van der Waals surface area contributed by atoms with E-state index in [0.717, 1.165) is 17.2 Å². The Hall–Kier alpha value is -2.10. The largest absolute Gasteiger partial charge is 0.342 e. The van der Waals surface area contributed by atoms with Gasteiger partial charge in [0.15, 0.2) is 0 Å². The molecule has 0 bridgehead atoms. The van der Waals surface area contributed by atoms with Crippen molar-refractivity contribution in [2.75, 3.05) is 7.05 Å². The minimum absolute atomic E-state index is 0.0593. The van der Waals surface area contributed by atoms with Gasteiger partial charge in [0.1, 0.15) is 12.8 Å². The maximum atomic E-state index is 12.1. The number of rotatable bonds is 4. The Kier molecular flexibility index (Phi) is 3.69. The van der Waals surface area contributed by atoms with E-state index in [9.17, 15) is 9.59 Å². The van der Waals surface area contributed by atoms with Gasteiger partial charge in [-0.1, -0.05) is 12.1 Å². The second-order valence-electron chi connectivity index (χ2n) is 4.98. The van der Waals surface area contributed by atoms with Gasteiger partial charge in [0.25, 0.3) is 0 Å².